The van der Waals surface area contributed by atoms with E-state index in [0.717, 1.165) is 73.0 Å². The van der Waals surface area contributed by atoms with Gasteiger partial charge in [-0.05, 0) is 62.7 Å². The molecule has 0 bridgehead atoms. The third-order valence-corrected chi connectivity index (χ3v) is 7.22. The second kappa shape index (κ2) is 9.93. The molecule has 0 saturated carbocycles. The highest BCUT2D eigenvalue weighted by atomic mass is 32.1. The Morgan fingerprint density at radius 3 is 2.88 bits per heavy atom. The SMILES string of the molecule is O=C(NCCCCN1CCCN(c2csc3cc(F)ccc23)CC1)c1cc2ccccc2o1. The number of furan rings is 1. The lowest BCUT2D eigenvalue weighted by Crippen LogP contribution is -2.31. The molecule has 172 valence electrons. The molecule has 1 amide bonds. The van der Waals surface area contributed by atoms with Crippen LogP contribution in [0.1, 0.15) is 29.8 Å². The molecular formula is C26H28FN3O2S. The van der Waals surface area contributed by atoms with Gasteiger partial charge in [-0.2, -0.15) is 0 Å². The Morgan fingerprint density at radius 1 is 1.06 bits per heavy atom. The number of amides is 1. The Labute approximate surface area is 196 Å². The van der Waals surface area contributed by atoms with Crippen molar-refractivity contribution in [3.8, 4) is 0 Å². The molecule has 0 atom stereocenters. The van der Waals surface area contributed by atoms with Gasteiger partial charge in [0.1, 0.15) is 11.4 Å². The van der Waals surface area contributed by atoms with E-state index in [9.17, 15) is 9.18 Å². The number of thiophene rings is 1. The number of para-hydroxylation sites is 1. The van der Waals surface area contributed by atoms with Crippen molar-refractivity contribution in [3.05, 3.63) is 65.5 Å². The average molecular weight is 466 g/mol. The summed E-state index contributed by atoms with van der Waals surface area (Å²) in [4.78, 5) is 17.3. The number of fused-ring (bicyclic) bond motifs is 2. The Morgan fingerprint density at radius 2 is 1.97 bits per heavy atom. The molecule has 0 aliphatic carbocycles. The molecule has 3 heterocycles. The monoisotopic (exact) mass is 465 g/mol. The molecule has 5 nitrogen and oxygen atoms in total. The summed E-state index contributed by atoms with van der Waals surface area (Å²) in [7, 11) is 0. The summed E-state index contributed by atoms with van der Waals surface area (Å²) < 4.78 is 20.1. The minimum atomic E-state index is -0.174. The van der Waals surface area contributed by atoms with E-state index in [4.69, 9.17) is 4.42 Å². The summed E-state index contributed by atoms with van der Waals surface area (Å²) >= 11 is 1.61. The lowest BCUT2D eigenvalue weighted by molar-refractivity contribution is 0.0927. The average Bonchev–Trinajstić information content (AvgIpc) is 3.37. The fourth-order valence-electron chi connectivity index (χ4n) is 4.51. The minimum Gasteiger partial charge on any atom is -0.451 e. The molecule has 5 rings (SSSR count). The number of halogens is 1. The van der Waals surface area contributed by atoms with Gasteiger partial charge < -0.3 is 19.5 Å². The van der Waals surface area contributed by atoms with E-state index in [-0.39, 0.29) is 11.7 Å². The number of nitrogens with zero attached hydrogens (tertiary/aromatic N) is 2. The highest BCUT2D eigenvalue weighted by Gasteiger charge is 2.18. The van der Waals surface area contributed by atoms with Crippen LogP contribution in [-0.4, -0.2) is 50.1 Å². The number of hydrogen-bond donors (Lipinski definition) is 1. The van der Waals surface area contributed by atoms with E-state index in [0.29, 0.717) is 12.3 Å². The van der Waals surface area contributed by atoms with Crippen molar-refractivity contribution >= 4 is 44.0 Å². The van der Waals surface area contributed by atoms with Crippen LogP contribution in [0.15, 0.2) is 58.3 Å². The Balaban J connectivity index is 1.06. The summed E-state index contributed by atoms with van der Waals surface area (Å²) in [5.74, 6) is 0.0405. The Bertz CT molecular complexity index is 1220. The lowest BCUT2D eigenvalue weighted by Gasteiger charge is -2.23. The zero-order valence-electron chi connectivity index (χ0n) is 18.6. The molecule has 1 N–H and O–H groups in total. The first-order chi connectivity index (χ1) is 16.2. The van der Waals surface area contributed by atoms with Gasteiger partial charge in [0.15, 0.2) is 5.76 Å². The van der Waals surface area contributed by atoms with Crippen LogP contribution in [0, 0.1) is 5.82 Å². The number of carbonyl (C=O) groups is 1. The maximum atomic E-state index is 13.5. The van der Waals surface area contributed by atoms with Gasteiger partial charge in [-0.25, -0.2) is 4.39 Å². The van der Waals surface area contributed by atoms with E-state index in [1.807, 2.05) is 30.3 Å². The predicted molar refractivity (Wildman–Crippen MR) is 133 cm³/mol. The van der Waals surface area contributed by atoms with Gasteiger partial charge in [0.25, 0.3) is 5.91 Å². The van der Waals surface area contributed by atoms with Crippen molar-refractivity contribution < 1.29 is 13.6 Å². The van der Waals surface area contributed by atoms with Crippen LogP contribution in [0.5, 0.6) is 0 Å². The second-order valence-electron chi connectivity index (χ2n) is 8.56. The van der Waals surface area contributed by atoms with E-state index in [2.05, 4.69) is 20.5 Å². The van der Waals surface area contributed by atoms with E-state index < -0.39 is 0 Å². The van der Waals surface area contributed by atoms with Gasteiger partial charge in [0.05, 0.1) is 5.69 Å². The normalized spacial score (nSPS) is 15.2. The number of anilines is 1. The number of benzene rings is 2. The first-order valence-corrected chi connectivity index (χ1v) is 12.5. The minimum absolute atomic E-state index is 0.153. The Hall–Kier alpha value is -2.90. The van der Waals surface area contributed by atoms with Crippen LogP contribution in [0.25, 0.3) is 21.1 Å². The van der Waals surface area contributed by atoms with Crippen LogP contribution in [-0.2, 0) is 0 Å². The zero-order chi connectivity index (χ0) is 22.6. The quantitative estimate of drug-likeness (QED) is 0.366. The smallest absolute Gasteiger partial charge is 0.287 e. The molecule has 2 aromatic heterocycles. The molecule has 0 unspecified atom stereocenters. The zero-order valence-corrected chi connectivity index (χ0v) is 19.4. The molecule has 1 aliphatic rings. The number of unbranched alkanes of at least 4 members (excludes halogenated alkanes) is 1. The van der Waals surface area contributed by atoms with Crippen molar-refractivity contribution in [2.75, 3.05) is 44.2 Å². The maximum Gasteiger partial charge on any atom is 0.287 e. The molecule has 33 heavy (non-hydrogen) atoms. The number of nitrogens with one attached hydrogen (secondary N) is 1. The van der Waals surface area contributed by atoms with Gasteiger partial charge in [-0.3, -0.25) is 4.79 Å². The summed E-state index contributed by atoms with van der Waals surface area (Å²) in [6.45, 7) is 5.78. The molecule has 4 aromatic rings. The van der Waals surface area contributed by atoms with Crippen LogP contribution in [0.3, 0.4) is 0 Å². The molecule has 1 aliphatic heterocycles. The van der Waals surface area contributed by atoms with Gasteiger partial charge in [-0.15, -0.1) is 11.3 Å². The lowest BCUT2D eigenvalue weighted by atomic mass is 10.2. The molecule has 1 saturated heterocycles. The van der Waals surface area contributed by atoms with Crippen LogP contribution in [0.2, 0.25) is 0 Å². The molecule has 1 fully saturated rings. The topological polar surface area (TPSA) is 48.7 Å². The molecule has 2 aromatic carbocycles. The van der Waals surface area contributed by atoms with E-state index in [1.165, 1.54) is 5.69 Å². The van der Waals surface area contributed by atoms with Gasteiger partial charge in [0, 0.05) is 47.0 Å². The van der Waals surface area contributed by atoms with Crippen molar-refractivity contribution in [3.63, 3.8) is 0 Å². The number of carbonyl (C=O) groups excluding carboxylic acids is 1. The van der Waals surface area contributed by atoms with Crippen LogP contribution in [0.4, 0.5) is 10.1 Å². The highest BCUT2D eigenvalue weighted by molar-refractivity contribution is 7.17. The first-order valence-electron chi connectivity index (χ1n) is 11.6. The van der Waals surface area contributed by atoms with Gasteiger partial charge in [0.2, 0.25) is 0 Å². The van der Waals surface area contributed by atoms with Crippen molar-refractivity contribution in [1.29, 1.82) is 0 Å². The number of hydrogen-bond acceptors (Lipinski definition) is 5. The first kappa shape index (κ1) is 21.9. The predicted octanol–water partition coefficient (Wildman–Crippen LogP) is 5.51. The largest absolute Gasteiger partial charge is 0.451 e. The maximum absolute atomic E-state index is 13.5. The molecule has 7 heteroatoms. The van der Waals surface area contributed by atoms with E-state index in [1.54, 1.807) is 29.5 Å². The van der Waals surface area contributed by atoms with Crippen molar-refractivity contribution in [2.45, 2.75) is 19.3 Å². The summed E-state index contributed by atoms with van der Waals surface area (Å²) in [6, 6.07) is 14.5. The second-order valence-corrected chi connectivity index (χ2v) is 9.47. The van der Waals surface area contributed by atoms with Crippen LogP contribution < -0.4 is 10.2 Å². The van der Waals surface area contributed by atoms with Crippen LogP contribution >= 0.6 is 11.3 Å². The molecular weight excluding hydrogens is 437 g/mol. The fraction of sp³-hybridized carbons (Fsp3) is 0.346. The van der Waals surface area contributed by atoms with Gasteiger partial charge in [-0.1, -0.05) is 18.2 Å². The third-order valence-electron chi connectivity index (χ3n) is 6.28. The van der Waals surface area contributed by atoms with Crippen molar-refractivity contribution in [1.82, 2.24) is 10.2 Å². The van der Waals surface area contributed by atoms with Crippen molar-refractivity contribution in [2.24, 2.45) is 0 Å². The van der Waals surface area contributed by atoms with Gasteiger partial charge >= 0.3 is 0 Å². The highest BCUT2D eigenvalue weighted by Crippen LogP contribution is 2.34. The third kappa shape index (κ3) is 5.04. The Kier molecular flexibility index (Phi) is 6.60. The summed E-state index contributed by atoms with van der Waals surface area (Å²) in [6.07, 6.45) is 3.09. The standard InChI is InChI=1S/C26H28FN3O2S/c27-20-8-9-21-22(18-33-25(21)17-20)30-13-5-12-29(14-15-30)11-4-3-10-28-26(31)24-16-19-6-1-2-7-23(19)32-24/h1-2,6-9,16-18H,3-5,10-15H2,(H,28,31). The number of rotatable bonds is 7. The van der Waals surface area contributed by atoms with E-state index >= 15 is 0 Å². The summed E-state index contributed by atoms with van der Waals surface area (Å²) in [5, 5.41) is 7.22. The summed E-state index contributed by atoms with van der Waals surface area (Å²) in [5.41, 5.74) is 1.96. The molecule has 0 radical (unpaired) electrons. The molecule has 0 spiro atoms. The fourth-order valence-corrected chi connectivity index (χ4v) is 5.51.